The molecule has 0 atom stereocenters. The molecule has 1 N–H and O–H groups in total. The number of fused-ring (bicyclic) bond motifs is 1. The molecule has 29 heavy (non-hydrogen) atoms. The van der Waals surface area contributed by atoms with Crippen molar-refractivity contribution in [3.8, 4) is 0 Å². The van der Waals surface area contributed by atoms with Crippen molar-refractivity contribution in [1.29, 1.82) is 0 Å². The van der Waals surface area contributed by atoms with E-state index in [-0.39, 0.29) is 5.91 Å². The fourth-order valence-electron chi connectivity index (χ4n) is 3.49. The molecule has 146 valence electrons. The molecule has 0 aliphatic rings. The van der Waals surface area contributed by atoms with Gasteiger partial charge in [0.05, 0.1) is 13.2 Å². The Labute approximate surface area is 170 Å². The highest BCUT2D eigenvalue weighted by atomic mass is 16.5. The largest absolute Gasteiger partial charge is 0.372 e. The zero-order valence-electron chi connectivity index (χ0n) is 16.5. The Kier molecular flexibility index (Phi) is 5.73. The van der Waals surface area contributed by atoms with Crippen LogP contribution in [0.2, 0.25) is 0 Å². The van der Waals surface area contributed by atoms with Crippen molar-refractivity contribution in [3.63, 3.8) is 0 Å². The number of nitrogens with one attached hydrogen (secondary N) is 1. The highest BCUT2D eigenvalue weighted by Crippen LogP contribution is 2.20. The molecule has 4 rings (SSSR count). The summed E-state index contributed by atoms with van der Waals surface area (Å²) in [4.78, 5) is 12.8. The molecule has 0 aliphatic carbocycles. The average Bonchev–Trinajstić information content (AvgIpc) is 3.14. The summed E-state index contributed by atoms with van der Waals surface area (Å²) >= 11 is 0. The lowest BCUT2D eigenvalue weighted by atomic mass is 10.1. The maximum atomic E-state index is 12.8. The number of benzene rings is 3. The van der Waals surface area contributed by atoms with Crippen molar-refractivity contribution in [1.82, 2.24) is 9.88 Å². The summed E-state index contributed by atoms with van der Waals surface area (Å²) in [5, 5.41) is 4.03. The van der Waals surface area contributed by atoms with Gasteiger partial charge in [-0.05, 0) is 34.9 Å². The van der Waals surface area contributed by atoms with Gasteiger partial charge in [-0.15, -0.1) is 0 Å². The first-order valence-corrected chi connectivity index (χ1v) is 9.73. The van der Waals surface area contributed by atoms with E-state index >= 15 is 0 Å². The fraction of sp³-hybridized carbons (Fsp3) is 0.160. The molecule has 4 nitrogen and oxygen atoms in total. The standard InChI is InChI=1S/C25H24N2O2/c1-27-15-14-22-23(12-7-13-24(22)27)25(28)26-16-20-10-5-6-11-21(20)18-29-17-19-8-3-2-4-9-19/h2-15H,16-18H2,1H3,(H,26,28). The van der Waals surface area contributed by atoms with Crippen LogP contribution in [-0.2, 0) is 31.5 Å². The predicted molar refractivity (Wildman–Crippen MR) is 115 cm³/mol. The minimum absolute atomic E-state index is 0.0678. The van der Waals surface area contributed by atoms with Crippen LogP contribution in [0, 0.1) is 0 Å². The molecular formula is C25H24N2O2. The summed E-state index contributed by atoms with van der Waals surface area (Å²) in [6, 6.07) is 26.0. The molecule has 0 spiro atoms. The monoisotopic (exact) mass is 384 g/mol. The van der Waals surface area contributed by atoms with Crippen molar-refractivity contribution in [3.05, 3.63) is 107 Å². The zero-order chi connectivity index (χ0) is 20.1. The molecule has 0 bridgehead atoms. The van der Waals surface area contributed by atoms with E-state index in [0.717, 1.165) is 27.6 Å². The van der Waals surface area contributed by atoms with Crippen LogP contribution in [0.1, 0.15) is 27.0 Å². The summed E-state index contributed by atoms with van der Waals surface area (Å²) in [6.07, 6.45) is 1.97. The second-order valence-electron chi connectivity index (χ2n) is 7.09. The Morgan fingerprint density at radius 3 is 2.45 bits per heavy atom. The van der Waals surface area contributed by atoms with E-state index in [0.29, 0.717) is 25.3 Å². The van der Waals surface area contributed by atoms with E-state index in [1.807, 2.05) is 84.5 Å². The molecule has 1 heterocycles. The number of ether oxygens (including phenoxy) is 1. The Balaban J connectivity index is 1.41. The number of aryl methyl sites for hydroxylation is 1. The molecule has 0 saturated carbocycles. The number of nitrogens with zero attached hydrogens (tertiary/aromatic N) is 1. The maximum absolute atomic E-state index is 12.8. The summed E-state index contributed by atoms with van der Waals surface area (Å²) in [5.41, 5.74) is 5.04. The van der Waals surface area contributed by atoms with Crippen LogP contribution in [0.25, 0.3) is 10.9 Å². The van der Waals surface area contributed by atoms with Gasteiger partial charge >= 0.3 is 0 Å². The number of carbonyl (C=O) groups is 1. The van der Waals surface area contributed by atoms with Crippen LogP contribution in [0.15, 0.2) is 85.1 Å². The Morgan fingerprint density at radius 2 is 1.62 bits per heavy atom. The Hall–Kier alpha value is -3.37. The molecule has 1 aromatic heterocycles. The third-order valence-corrected chi connectivity index (χ3v) is 5.10. The maximum Gasteiger partial charge on any atom is 0.252 e. The van der Waals surface area contributed by atoms with Crippen LogP contribution in [0.3, 0.4) is 0 Å². The smallest absolute Gasteiger partial charge is 0.252 e. The molecule has 4 heteroatoms. The number of hydrogen-bond donors (Lipinski definition) is 1. The average molecular weight is 384 g/mol. The first kappa shape index (κ1) is 19.0. The molecule has 0 aliphatic heterocycles. The van der Waals surface area contributed by atoms with Gasteiger partial charge in [0.25, 0.3) is 5.91 Å². The predicted octanol–water partition coefficient (Wildman–Crippen LogP) is 4.83. The molecule has 0 fully saturated rings. The molecule has 3 aromatic carbocycles. The van der Waals surface area contributed by atoms with Crippen molar-refractivity contribution >= 4 is 16.8 Å². The Bertz CT molecular complexity index is 1120. The van der Waals surface area contributed by atoms with E-state index < -0.39 is 0 Å². The molecule has 0 radical (unpaired) electrons. The summed E-state index contributed by atoms with van der Waals surface area (Å²) < 4.78 is 7.90. The first-order valence-electron chi connectivity index (χ1n) is 9.73. The molecule has 4 aromatic rings. The van der Waals surface area contributed by atoms with Gasteiger partial charge in [0.15, 0.2) is 0 Å². The molecular weight excluding hydrogens is 360 g/mol. The minimum atomic E-state index is -0.0678. The van der Waals surface area contributed by atoms with Crippen molar-refractivity contribution in [2.75, 3.05) is 0 Å². The van der Waals surface area contributed by atoms with E-state index in [2.05, 4.69) is 17.4 Å². The van der Waals surface area contributed by atoms with Gasteiger partial charge in [-0.1, -0.05) is 60.7 Å². The van der Waals surface area contributed by atoms with Gasteiger partial charge < -0.3 is 14.6 Å². The third-order valence-electron chi connectivity index (χ3n) is 5.10. The van der Waals surface area contributed by atoms with Crippen molar-refractivity contribution < 1.29 is 9.53 Å². The van der Waals surface area contributed by atoms with Crippen molar-refractivity contribution in [2.45, 2.75) is 19.8 Å². The molecule has 1 amide bonds. The number of aromatic nitrogens is 1. The second-order valence-corrected chi connectivity index (χ2v) is 7.09. The Morgan fingerprint density at radius 1 is 0.862 bits per heavy atom. The van der Waals surface area contributed by atoms with E-state index in [1.54, 1.807) is 0 Å². The molecule has 0 saturated heterocycles. The van der Waals surface area contributed by atoms with Crippen LogP contribution in [-0.4, -0.2) is 10.5 Å². The van der Waals surface area contributed by atoms with Crippen molar-refractivity contribution in [2.24, 2.45) is 7.05 Å². The lowest BCUT2D eigenvalue weighted by Crippen LogP contribution is -2.23. The van der Waals surface area contributed by atoms with Crippen LogP contribution < -0.4 is 5.32 Å². The number of hydrogen-bond acceptors (Lipinski definition) is 2. The van der Waals surface area contributed by atoms with Gasteiger partial charge in [-0.25, -0.2) is 0 Å². The van der Waals surface area contributed by atoms with Crippen LogP contribution in [0.5, 0.6) is 0 Å². The lowest BCUT2D eigenvalue weighted by Gasteiger charge is -2.12. The SMILES string of the molecule is Cn1ccc2c(C(=O)NCc3ccccc3COCc3ccccc3)cccc21. The second kappa shape index (κ2) is 8.76. The first-order chi connectivity index (χ1) is 14.2. The van der Waals surface area contributed by atoms with Gasteiger partial charge in [-0.2, -0.15) is 0 Å². The van der Waals surface area contributed by atoms with E-state index in [1.165, 1.54) is 0 Å². The third kappa shape index (κ3) is 4.39. The van der Waals surface area contributed by atoms with Gasteiger partial charge in [-0.3, -0.25) is 4.79 Å². The number of amides is 1. The number of carbonyl (C=O) groups excluding carboxylic acids is 1. The minimum Gasteiger partial charge on any atom is -0.372 e. The topological polar surface area (TPSA) is 43.3 Å². The zero-order valence-corrected chi connectivity index (χ0v) is 16.5. The quantitative estimate of drug-likeness (QED) is 0.496. The van der Waals surface area contributed by atoms with E-state index in [9.17, 15) is 4.79 Å². The summed E-state index contributed by atoms with van der Waals surface area (Å²) in [5.74, 6) is -0.0678. The van der Waals surface area contributed by atoms with E-state index in [4.69, 9.17) is 4.74 Å². The van der Waals surface area contributed by atoms with Gasteiger partial charge in [0.1, 0.15) is 0 Å². The molecule has 0 unspecified atom stereocenters. The van der Waals surface area contributed by atoms with Crippen LogP contribution in [0.4, 0.5) is 0 Å². The highest BCUT2D eigenvalue weighted by molar-refractivity contribution is 6.06. The fourth-order valence-corrected chi connectivity index (χ4v) is 3.49. The van der Waals surface area contributed by atoms with Crippen LogP contribution >= 0.6 is 0 Å². The normalized spacial score (nSPS) is 10.9. The highest BCUT2D eigenvalue weighted by Gasteiger charge is 2.12. The lowest BCUT2D eigenvalue weighted by molar-refractivity contribution is 0.0949. The summed E-state index contributed by atoms with van der Waals surface area (Å²) in [7, 11) is 1.98. The summed E-state index contributed by atoms with van der Waals surface area (Å²) in [6.45, 7) is 1.54. The number of rotatable bonds is 7. The van der Waals surface area contributed by atoms with Gasteiger partial charge in [0.2, 0.25) is 0 Å². The van der Waals surface area contributed by atoms with Gasteiger partial charge in [0, 0.05) is 36.3 Å².